The Balaban J connectivity index is 2.52. The predicted molar refractivity (Wildman–Crippen MR) is 56.2 cm³/mol. The molecule has 2 N–H and O–H groups in total. The Morgan fingerprint density at radius 3 is 2.47 bits per heavy atom. The number of nitrogens with zero attached hydrogens (tertiary/aromatic N) is 1. The molecule has 0 unspecified atom stereocenters. The van der Waals surface area contributed by atoms with Crippen LogP contribution in [-0.2, 0) is 0 Å². The predicted octanol–water partition coefficient (Wildman–Crippen LogP) is 2.21. The average Bonchev–Trinajstić information content (AvgIpc) is 2.61. The number of hydrogen-bond donors (Lipinski definition) is 2. The molecule has 0 aliphatic carbocycles. The van der Waals surface area contributed by atoms with E-state index in [2.05, 4.69) is 4.37 Å². The van der Waals surface area contributed by atoms with Crippen molar-refractivity contribution in [1.29, 1.82) is 0 Å². The molecular weight excluding hydrogens is 214 g/mol. The Morgan fingerprint density at radius 1 is 1.27 bits per heavy atom. The van der Waals surface area contributed by atoms with Gasteiger partial charge in [-0.3, -0.25) is 0 Å². The van der Waals surface area contributed by atoms with Crippen molar-refractivity contribution in [3.8, 4) is 17.0 Å². The maximum Gasteiger partial charge on any atom is 0.351 e. The number of aromatic nitrogens is 1. The van der Waals surface area contributed by atoms with Gasteiger partial charge in [-0.1, -0.05) is 30.3 Å². The van der Waals surface area contributed by atoms with Crippen LogP contribution in [0.3, 0.4) is 0 Å². The van der Waals surface area contributed by atoms with Crippen molar-refractivity contribution >= 4 is 17.5 Å². The summed E-state index contributed by atoms with van der Waals surface area (Å²) in [5.41, 5.74) is 1.02. The Bertz CT molecular complexity index is 493. The fourth-order valence-electron chi connectivity index (χ4n) is 1.21. The number of rotatable bonds is 2. The molecule has 0 radical (unpaired) electrons. The fraction of sp³-hybridized carbons (Fsp3) is 0. The van der Waals surface area contributed by atoms with Crippen molar-refractivity contribution in [3.63, 3.8) is 0 Å². The van der Waals surface area contributed by atoms with Gasteiger partial charge in [-0.25, -0.2) is 4.79 Å². The van der Waals surface area contributed by atoms with Crippen LogP contribution in [0.2, 0.25) is 0 Å². The first-order valence-electron chi connectivity index (χ1n) is 4.17. The molecule has 0 spiro atoms. The average molecular weight is 221 g/mol. The summed E-state index contributed by atoms with van der Waals surface area (Å²) in [5, 5.41) is 18.4. The maximum atomic E-state index is 10.7. The smallest absolute Gasteiger partial charge is 0.351 e. The van der Waals surface area contributed by atoms with Crippen LogP contribution in [0.1, 0.15) is 9.67 Å². The van der Waals surface area contributed by atoms with Gasteiger partial charge >= 0.3 is 5.97 Å². The summed E-state index contributed by atoms with van der Waals surface area (Å²) in [7, 11) is 0. The zero-order valence-electron chi connectivity index (χ0n) is 7.54. The first kappa shape index (κ1) is 9.67. The topological polar surface area (TPSA) is 70.4 Å². The third-order valence-corrected chi connectivity index (χ3v) is 2.73. The molecule has 0 atom stereocenters. The molecule has 1 heterocycles. The Labute approximate surface area is 89.6 Å². The maximum absolute atomic E-state index is 10.7. The summed E-state index contributed by atoms with van der Waals surface area (Å²) < 4.78 is 3.92. The second-order valence-electron chi connectivity index (χ2n) is 2.88. The van der Waals surface area contributed by atoms with E-state index in [9.17, 15) is 9.90 Å². The highest BCUT2D eigenvalue weighted by molar-refractivity contribution is 7.08. The van der Waals surface area contributed by atoms with Crippen LogP contribution in [0.25, 0.3) is 11.3 Å². The Kier molecular flexibility index (Phi) is 2.39. The van der Waals surface area contributed by atoms with Crippen LogP contribution in [0, 0.1) is 0 Å². The van der Waals surface area contributed by atoms with Gasteiger partial charge < -0.3 is 10.2 Å². The molecule has 15 heavy (non-hydrogen) atoms. The van der Waals surface area contributed by atoms with E-state index >= 15 is 0 Å². The van der Waals surface area contributed by atoms with Gasteiger partial charge in [0, 0.05) is 5.56 Å². The molecule has 2 aromatic rings. The molecule has 0 amide bonds. The zero-order chi connectivity index (χ0) is 10.8. The summed E-state index contributed by atoms with van der Waals surface area (Å²) >= 11 is 0.780. The Hall–Kier alpha value is -1.88. The summed E-state index contributed by atoms with van der Waals surface area (Å²) in [6.45, 7) is 0. The molecule has 76 valence electrons. The first-order valence-corrected chi connectivity index (χ1v) is 4.95. The van der Waals surface area contributed by atoms with E-state index in [1.165, 1.54) is 0 Å². The van der Waals surface area contributed by atoms with Crippen LogP contribution in [-0.4, -0.2) is 20.6 Å². The van der Waals surface area contributed by atoms with Crippen molar-refractivity contribution in [2.75, 3.05) is 0 Å². The molecule has 1 aromatic carbocycles. The van der Waals surface area contributed by atoms with Crippen molar-refractivity contribution < 1.29 is 15.0 Å². The lowest BCUT2D eigenvalue weighted by molar-refractivity contribution is 0.0699. The van der Waals surface area contributed by atoms with E-state index in [0.29, 0.717) is 11.3 Å². The van der Waals surface area contributed by atoms with Crippen LogP contribution >= 0.6 is 11.5 Å². The van der Waals surface area contributed by atoms with E-state index < -0.39 is 5.97 Å². The van der Waals surface area contributed by atoms with Gasteiger partial charge in [0.25, 0.3) is 0 Å². The van der Waals surface area contributed by atoms with Gasteiger partial charge in [-0.05, 0) is 11.5 Å². The molecule has 0 saturated carbocycles. The zero-order valence-corrected chi connectivity index (χ0v) is 8.36. The molecule has 0 aliphatic rings. The molecular formula is C10H7NO3S. The lowest BCUT2D eigenvalue weighted by atomic mass is 10.1. The number of aromatic hydroxyl groups is 1. The number of carbonyl (C=O) groups is 1. The number of hydrogen-bond acceptors (Lipinski definition) is 4. The van der Waals surface area contributed by atoms with Gasteiger partial charge in [-0.2, -0.15) is 4.37 Å². The fourth-order valence-corrected chi connectivity index (χ4v) is 1.85. The quantitative estimate of drug-likeness (QED) is 0.815. The van der Waals surface area contributed by atoms with Crippen molar-refractivity contribution in [3.05, 3.63) is 35.2 Å². The molecule has 2 rings (SSSR count). The summed E-state index contributed by atoms with van der Waals surface area (Å²) in [6, 6.07) is 8.97. The number of benzene rings is 1. The molecule has 0 saturated heterocycles. The highest BCUT2D eigenvalue weighted by Crippen LogP contribution is 2.33. The molecule has 1 aromatic heterocycles. The van der Waals surface area contributed by atoms with E-state index in [1.807, 2.05) is 6.07 Å². The minimum Gasteiger partial charge on any atom is -0.504 e. The minimum absolute atomic E-state index is 0.131. The third-order valence-electron chi connectivity index (χ3n) is 1.91. The largest absolute Gasteiger partial charge is 0.504 e. The van der Waals surface area contributed by atoms with Crippen LogP contribution < -0.4 is 0 Å². The van der Waals surface area contributed by atoms with Crippen molar-refractivity contribution in [2.45, 2.75) is 0 Å². The van der Waals surface area contributed by atoms with E-state index in [1.54, 1.807) is 24.3 Å². The second kappa shape index (κ2) is 3.70. The van der Waals surface area contributed by atoms with E-state index in [0.717, 1.165) is 11.5 Å². The van der Waals surface area contributed by atoms with Gasteiger partial charge in [0.2, 0.25) is 0 Å². The normalized spacial score (nSPS) is 10.1. The van der Waals surface area contributed by atoms with Crippen LogP contribution in [0.4, 0.5) is 0 Å². The van der Waals surface area contributed by atoms with Gasteiger partial charge in [0.1, 0.15) is 5.69 Å². The van der Waals surface area contributed by atoms with Crippen LogP contribution in [0.15, 0.2) is 30.3 Å². The standard InChI is InChI=1S/C10H7NO3S/c12-8-7(6-4-2-1-3-5-6)11-15-9(8)10(13)14/h1-5,12H,(H,13,14). The van der Waals surface area contributed by atoms with E-state index in [4.69, 9.17) is 5.11 Å². The van der Waals surface area contributed by atoms with Crippen molar-refractivity contribution in [2.24, 2.45) is 0 Å². The summed E-state index contributed by atoms with van der Waals surface area (Å²) in [6.07, 6.45) is 0. The molecule has 0 fully saturated rings. The lowest BCUT2D eigenvalue weighted by Gasteiger charge is -1.96. The highest BCUT2D eigenvalue weighted by Gasteiger charge is 2.18. The molecule has 0 aliphatic heterocycles. The second-order valence-corrected chi connectivity index (χ2v) is 3.65. The summed E-state index contributed by atoms with van der Waals surface area (Å²) in [4.78, 5) is 10.5. The Morgan fingerprint density at radius 2 is 1.93 bits per heavy atom. The summed E-state index contributed by atoms with van der Waals surface area (Å²) in [5.74, 6) is -1.43. The van der Waals surface area contributed by atoms with Gasteiger partial charge in [0.05, 0.1) is 0 Å². The monoisotopic (exact) mass is 221 g/mol. The van der Waals surface area contributed by atoms with Crippen molar-refractivity contribution in [1.82, 2.24) is 4.37 Å². The molecule has 4 nitrogen and oxygen atoms in total. The van der Waals surface area contributed by atoms with Crippen LogP contribution in [0.5, 0.6) is 5.75 Å². The minimum atomic E-state index is -1.16. The molecule has 5 heteroatoms. The SMILES string of the molecule is O=C(O)c1snc(-c2ccccc2)c1O. The third kappa shape index (κ3) is 1.69. The highest BCUT2D eigenvalue weighted by atomic mass is 32.1. The first-order chi connectivity index (χ1) is 7.20. The number of carboxylic acids is 1. The molecule has 0 bridgehead atoms. The van der Waals surface area contributed by atoms with Gasteiger partial charge in [-0.15, -0.1) is 0 Å². The number of aromatic carboxylic acids is 1. The lowest BCUT2D eigenvalue weighted by Crippen LogP contribution is -1.91. The van der Waals surface area contributed by atoms with E-state index in [-0.39, 0.29) is 10.6 Å². The van der Waals surface area contributed by atoms with Gasteiger partial charge in [0.15, 0.2) is 10.6 Å². The number of carboxylic acid groups (broad SMARTS) is 1.